The maximum atomic E-state index is 12.3. The number of imidazole rings is 2. The van der Waals surface area contributed by atoms with Crippen LogP contribution in [0.15, 0.2) is 70.1 Å². The number of nitrogens with two attached hydrogens (primary N) is 2. The first kappa shape index (κ1) is 31.6. The lowest BCUT2D eigenvalue weighted by molar-refractivity contribution is 0.0543. The molecule has 0 aliphatic heterocycles. The molecule has 0 spiro atoms. The normalized spacial score (nSPS) is 11.2. The molecule has 232 valence electrons. The van der Waals surface area contributed by atoms with Crippen LogP contribution in [0.2, 0.25) is 0 Å². The molecule has 45 heavy (non-hydrogen) atoms. The molecule has 0 aliphatic rings. The van der Waals surface area contributed by atoms with Gasteiger partial charge in [-0.25, -0.2) is 19.3 Å². The monoisotopic (exact) mass is 738 g/mol. The molecule has 0 bridgehead atoms. The van der Waals surface area contributed by atoms with Crippen LogP contribution < -0.4 is 20.9 Å². The maximum absolute atomic E-state index is 12.3. The molecule has 6 aromatic rings. The van der Waals surface area contributed by atoms with Crippen LogP contribution in [0.5, 0.6) is 11.8 Å². The summed E-state index contributed by atoms with van der Waals surface area (Å²) in [5.74, 6) is 0.727. The second kappa shape index (κ2) is 13.4. The van der Waals surface area contributed by atoms with E-state index in [0.717, 1.165) is 20.1 Å². The number of carbonyl (C=O) groups excluding carboxylic acids is 1. The molecule has 0 unspecified atom stereocenters. The summed E-state index contributed by atoms with van der Waals surface area (Å²) in [6, 6.07) is 15.5. The molecule has 0 atom stereocenters. The van der Waals surface area contributed by atoms with Crippen molar-refractivity contribution in [2.45, 2.75) is 39.6 Å². The molecule has 0 radical (unpaired) electrons. The molecular weight excluding hydrogens is 712 g/mol. The largest absolute Gasteiger partial charge is 0.471 e. The number of nitrogens with zero attached hydrogens (tertiary/aromatic N) is 7. The number of aromatic nitrogens is 8. The van der Waals surface area contributed by atoms with E-state index in [4.69, 9.17) is 25.7 Å². The number of aromatic amines is 1. The van der Waals surface area contributed by atoms with Gasteiger partial charge < -0.3 is 30.7 Å². The molecule has 0 saturated heterocycles. The topological polar surface area (TPSA) is 195 Å². The van der Waals surface area contributed by atoms with Gasteiger partial charge in [0.25, 0.3) is 0 Å². The van der Waals surface area contributed by atoms with Crippen molar-refractivity contribution in [3.05, 3.63) is 81.3 Å². The SMILES string of the molecule is CC(C)(C)OC(=O)n1cnc2c(OCc3cccc(Br)c3)nc(N)nc21.Nc1nc(OCc2cccc(Br)c2)c2[nH]cnc2n1. The summed E-state index contributed by atoms with van der Waals surface area (Å²) in [5, 5.41) is 0. The Kier molecular flexibility index (Phi) is 9.43. The van der Waals surface area contributed by atoms with Crippen LogP contribution in [0.25, 0.3) is 22.3 Å². The van der Waals surface area contributed by atoms with Gasteiger partial charge in [-0.15, -0.1) is 0 Å². The van der Waals surface area contributed by atoms with Crippen LogP contribution >= 0.6 is 31.9 Å². The minimum Gasteiger partial charge on any atom is -0.471 e. The Bertz CT molecular complexity index is 1970. The smallest absolute Gasteiger partial charge is 0.421 e. The van der Waals surface area contributed by atoms with Crippen LogP contribution in [0.1, 0.15) is 31.9 Å². The number of anilines is 2. The van der Waals surface area contributed by atoms with Crippen LogP contribution in [-0.4, -0.2) is 51.1 Å². The van der Waals surface area contributed by atoms with Crippen LogP contribution in [0.4, 0.5) is 16.7 Å². The minimum absolute atomic E-state index is 0.0212. The van der Waals surface area contributed by atoms with Gasteiger partial charge in [-0.3, -0.25) is 0 Å². The molecule has 2 aromatic carbocycles. The third-order valence-corrected chi connectivity index (χ3v) is 6.76. The van der Waals surface area contributed by atoms with Crippen molar-refractivity contribution in [3.63, 3.8) is 0 Å². The highest BCUT2D eigenvalue weighted by Crippen LogP contribution is 2.25. The predicted molar refractivity (Wildman–Crippen MR) is 174 cm³/mol. The minimum atomic E-state index is -0.647. The molecule has 0 aliphatic carbocycles. The molecule has 6 rings (SSSR count). The fourth-order valence-electron chi connectivity index (χ4n) is 3.92. The average Bonchev–Trinajstić information content (AvgIpc) is 3.61. The van der Waals surface area contributed by atoms with Crippen molar-refractivity contribution in [3.8, 4) is 11.8 Å². The second-order valence-corrected chi connectivity index (χ2v) is 12.3. The lowest BCUT2D eigenvalue weighted by Crippen LogP contribution is -2.27. The Morgan fingerprint density at radius 1 is 0.867 bits per heavy atom. The predicted octanol–water partition coefficient (Wildman–Crippen LogP) is 5.81. The number of hydrogen-bond donors (Lipinski definition) is 3. The second-order valence-electron chi connectivity index (χ2n) is 10.5. The van der Waals surface area contributed by atoms with Gasteiger partial charge in [0.15, 0.2) is 16.8 Å². The Labute approximate surface area is 273 Å². The number of carbonyl (C=O) groups is 1. The van der Waals surface area contributed by atoms with Gasteiger partial charge in [0.05, 0.1) is 6.33 Å². The molecule has 0 amide bonds. The number of H-pyrrole nitrogens is 1. The maximum Gasteiger partial charge on any atom is 0.421 e. The Morgan fingerprint density at radius 2 is 1.47 bits per heavy atom. The van der Waals surface area contributed by atoms with Crippen molar-refractivity contribution in [1.29, 1.82) is 0 Å². The third kappa shape index (κ3) is 8.21. The van der Waals surface area contributed by atoms with E-state index in [9.17, 15) is 4.79 Å². The average molecular weight is 740 g/mol. The fourth-order valence-corrected chi connectivity index (χ4v) is 4.81. The van der Waals surface area contributed by atoms with E-state index < -0.39 is 11.7 Å². The van der Waals surface area contributed by atoms with Crippen molar-refractivity contribution >= 4 is 72.2 Å². The van der Waals surface area contributed by atoms with Crippen LogP contribution in [0, 0.1) is 0 Å². The summed E-state index contributed by atoms with van der Waals surface area (Å²) in [5.41, 5.74) is 14.4. The Morgan fingerprint density at radius 3 is 2.09 bits per heavy atom. The molecule has 4 aromatic heterocycles. The zero-order valence-electron chi connectivity index (χ0n) is 24.4. The molecule has 16 heteroatoms. The number of benzene rings is 2. The molecular formula is C29H28Br2N10O4. The first-order valence-electron chi connectivity index (χ1n) is 13.4. The first-order chi connectivity index (χ1) is 21.4. The summed E-state index contributed by atoms with van der Waals surface area (Å²) >= 11 is 6.83. The number of rotatable bonds is 6. The van der Waals surface area contributed by atoms with Crippen molar-refractivity contribution in [1.82, 2.24) is 39.5 Å². The standard InChI is InChI=1S/C17H18BrN5O3.C12H10BrN5O/c1-17(2,3)26-16(24)23-9-20-12-13(23)21-15(19)22-14(12)25-8-10-5-4-6-11(18)7-10;13-8-3-1-2-7(4-8)5-19-11-9-10(16-6-15-9)17-12(14)18-11/h4-7,9H,8H2,1-3H3,(H2,19,21,22);1-4,6H,5H2,(H3,14,15,16,17,18). The Balaban J connectivity index is 0.000000186. The van der Waals surface area contributed by atoms with E-state index in [-0.39, 0.29) is 30.0 Å². The number of nitrogen functional groups attached to an aromatic ring is 2. The zero-order valence-corrected chi connectivity index (χ0v) is 27.5. The molecule has 14 nitrogen and oxygen atoms in total. The highest BCUT2D eigenvalue weighted by Gasteiger charge is 2.22. The molecule has 5 N–H and O–H groups in total. The zero-order chi connectivity index (χ0) is 32.1. The van der Waals surface area contributed by atoms with E-state index in [1.54, 1.807) is 20.8 Å². The summed E-state index contributed by atoms with van der Waals surface area (Å²) in [6.07, 6.45) is 2.25. The van der Waals surface area contributed by atoms with Crippen molar-refractivity contribution in [2.24, 2.45) is 0 Å². The van der Waals surface area contributed by atoms with Gasteiger partial charge in [-0.2, -0.15) is 19.9 Å². The molecule has 4 heterocycles. The molecule has 0 fully saturated rings. The third-order valence-electron chi connectivity index (χ3n) is 5.77. The van der Waals surface area contributed by atoms with E-state index in [0.29, 0.717) is 29.2 Å². The van der Waals surface area contributed by atoms with E-state index in [2.05, 4.69) is 66.7 Å². The summed E-state index contributed by atoms with van der Waals surface area (Å²) < 4.78 is 19.9. The lowest BCUT2D eigenvalue weighted by Gasteiger charge is -2.19. The van der Waals surface area contributed by atoms with Crippen molar-refractivity contribution in [2.75, 3.05) is 11.5 Å². The van der Waals surface area contributed by atoms with Crippen LogP contribution in [0.3, 0.4) is 0 Å². The van der Waals surface area contributed by atoms with E-state index in [1.807, 2.05) is 48.5 Å². The van der Waals surface area contributed by atoms with Gasteiger partial charge in [-0.05, 0) is 56.2 Å². The first-order valence-corrected chi connectivity index (χ1v) is 15.0. The van der Waals surface area contributed by atoms with Crippen LogP contribution in [-0.2, 0) is 18.0 Å². The Hall–Kier alpha value is -4.83. The van der Waals surface area contributed by atoms with E-state index >= 15 is 0 Å². The quantitative estimate of drug-likeness (QED) is 0.186. The van der Waals surface area contributed by atoms with Gasteiger partial charge >= 0.3 is 6.09 Å². The van der Waals surface area contributed by atoms with E-state index in [1.165, 1.54) is 17.2 Å². The number of fused-ring (bicyclic) bond motifs is 2. The summed E-state index contributed by atoms with van der Waals surface area (Å²) in [6.45, 7) is 5.99. The lowest BCUT2D eigenvalue weighted by atomic mass is 10.2. The highest BCUT2D eigenvalue weighted by molar-refractivity contribution is 9.10. The van der Waals surface area contributed by atoms with Gasteiger partial charge in [-0.1, -0.05) is 56.1 Å². The van der Waals surface area contributed by atoms with Gasteiger partial charge in [0.2, 0.25) is 23.7 Å². The molecule has 0 saturated carbocycles. The highest BCUT2D eigenvalue weighted by atomic mass is 79.9. The van der Waals surface area contributed by atoms with Crippen molar-refractivity contribution < 1.29 is 19.0 Å². The summed E-state index contributed by atoms with van der Waals surface area (Å²) in [4.78, 5) is 39.7. The number of hydrogen-bond acceptors (Lipinski definition) is 12. The van der Waals surface area contributed by atoms with Gasteiger partial charge in [0, 0.05) is 8.95 Å². The number of nitrogens with one attached hydrogen (secondary N) is 1. The van der Waals surface area contributed by atoms with Gasteiger partial charge in [0.1, 0.15) is 30.7 Å². The summed E-state index contributed by atoms with van der Waals surface area (Å²) in [7, 11) is 0. The fraction of sp³-hybridized carbons (Fsp3) is 0.207. The number of ether oxygens (including phenoxy) is 3. The number of halogens is 2.